The smallest absolute Gasteiger partial charge is 0.203 e. The first-order valence-corrected chi connectivity index (χ1v) is 10.1. The Hall–Kier alpha value is -1.42. The number of hydrogen-bond acceptors (Lipinski definition) is 4. The molecule has 1 atom stereocenters. The second-order valence-corrected chi connectivity index (χ2v) is 8.92. The Morgan fingerprint density at radius 1 is 0.923 bits per heavy atom. The molecule has 0 aromatic heterocycles. The molecule has 4 aliphatic rings. The zero-order valence-corrected chi connectivity index (χ0v) is 16.6. The monoisotopic (exact) mass is 359 g/mol. The molecule has 5 rings (SSSR count). The van der Waals surface area contributed by atoms with Gasteiger partial charge in [0.15, 0.2) is 11.5 Å². The van der Waals surface area contributed by atoms with Gasteiger partial charge in [-0.05, 0) is 86.3 Å². The van der Waals surface area contributed by atoms with Crippen molar-refractivity contribution in [1.29, 1.82) is 0 Å². The Labute approximate surface area is 157 Å². The fourth-order valence-corrected chi connectivity index (χ4v) is 6.43. The Balaban J connectivity index is 1.47. The molecular weight excluding hydrogens is 326 g/mol. The van der Waals surface area contributed by atoms with Crippen molar-refractivity contribution in [3.63, 3.8) is 0 Å². The van der Waals surface area contributed by atoms with E-state index in [0.29, 0.717) is 17.2 Å². The van der Waals surface area contributed by atoms with Crippen molar-refractivity contribution in [1.82, 2.24) is 5.32 Å². The molecule has 144 valence electrons. The second-order valence-electron chi connectivity index (χ2n) is 8.92. The van der Waals surface area contributed by atoms with E-state index in [2.05, 4.69) is 24.4 Å². The first-order chi connectivity index (χ1) is 12.6. The van der Waals surface area contributed by atoms with E-state index >= 15 is 0 Å². The summed E-state index contributed by atoms with van der Waals surface area (Å²) < 4.78 is 16.4. The highest BCUT2D eigenvalue weighted by Crippen LogP contribution is 2.61. The first-order valence-electron chi connectivity index (χ1n) is 10.1. The molecule has 0 unspecified atom stereocenters. The van der Waals surface area contributed by atoms with Crippen LogP contribution in [0.1, 0.15) is 51.0 Å². The van der Waals surface area contributed by atoms with Gasteiger partial charge in [0.1, 0.15) is 0 Å². The minimum absolute atomic E-state index is 0.523. The Kier molecular flexibility index (Phi) is 4.81. The van der Waals surface area contributed by atoms with Crippen molar-refractivity contribution in [2.45, 2.75) is 58.0 Å². The van der Waals surface area contributed by atoms with E-state index in [1.807, 2.05) is 0 Å². The third-order valence-corrected chi connectivity index (χ3v) is 7.34. The van der Waals surface area contributed by atoms with Gasteiger partial charge in [-0.2, -0.15) is 0 Å². The predicted molar refractivity (Wildman–Crippen MR) is 103 cm³/mol. The quantitative estimate of drug-likeness (QED) is 0.783. The van der Waals surface area contributed by atoms with Gasteiger partial charge in [0.25, 0.3) is 0 Å². The van der Waals surface area contributed by atoms with Gasteiger partial charge >= 0.3 is 0 Å². The number of hydrogen-bond donors (Lipinski definition) is 1. The fraction of sp³-hybridized carbons (Fsp3) is 0.727. The summed E-state index contributed by atoms with van der Waals surface area (Å²) >= 11 is 0. The first kappa shape index (κ1) is 18.0. The van der Waals surface area contributed by atoms with E-state index in [-0.39, 0.29) is 0 Å². The average Bonchev–Trinajstić information content (AvgIpc) is 2.63. The molecule has 4 nitrogen and oxygen atoms in total. The van der Waals surface area contributed by atoms with Crippen molar-refractivity contribution < 1.29 is 14.2 Å². The molecule has 0 amide bonds. The zero-order valence-electron chi connectivity index (χ0n) is 16.6. The summed E-state index contributed by atoms with van der Waals surface area (Å²) in [6.07, 6.45) is 8.80. The molecule has 0 radical (unpaired) electrons. The summed E-state index contributed by atoms with van der Waals surface area (Å²) in [6.45, 7) is 3.24. The minimum atomic E-state index is 0.523. The maximum Gasteiger partial charge on any atom is 0.203 e. The highest BCUT2D eigenvalue weighted by Gasteiger charge is 2.52. The third kappa shape index (κ3) is 3.06. The number of nitrogens with one attached hydrogen (secondary N) is 1. The van der Waals surface area contributed by atoms with Gasteiger partial charge in [-0.3, -0.25) is 0 Å². The molecule has 4 fully saturated rings. The molecule has 26 heavy (non-hydrogen) atoms. The SMILES string of the molecule is COc1cc(CN[C@@H](C)C23CC4CC(CC(C4)C2)C3)cc(OC)c1OC. The van der Waals surface area contributed by atoms with Crippen molar-refractivity contribution in [3.8, 4) is 17.2 Å². The maximum atomic E-state index is 5.49. The highest BCUT2D eigenvalue weighted by molar-refractivity contribution is 5.53. The van der Waals surface area contributed by atoms with Gasteiger partial charge < -0.3 is 19.5 Å². The molecular formula is C22H33NO3. The van der Waals surface area contributed by atoms with Crippen LogP contribution in [-0.2, 0) is 6.54 Å². The van der Waals surface area contributed by atoms with Gasteiger partial charge in [0, 0.05) is 12.6 Å². The van der Waals surface area contributed by atoms with Gasteiger partial charge in [0.2, 0.25) is 5.75 Å². The molecule has 1 N–H and O–H groups in total. The van der Waals surface area contributed by atoms with Gasteiger partial charge in [-0.25, -0.2) is 0 Å². The molecule has 4 bridgehead atoms. The van der Waals surface area contributed by atoms with Crippen molar-refractivity contribution in [2.75, 3.05) is 21.3 Å². The van der Waals surface area contributed by atoms with Gasteiger partial charge in [-0.15, -0.1) is 0 Å². The molecule has 0 heterocycles. The molecule has 4 aliphatic carbocycles. The summed E-state index contributed by atoms with van der Waals surface area (Å²) in [7, 11) is 4.99. The lowest BCUT2D eigenvalue weighted by Gasteiger charge is -2.59. The van der Waals surface area contributed by atoms with E-state index in [1.54, 1.807) is 21.3 Å². The van der Waals surface area contributed by atoms with Crippen LogP contribution in [0.3, 0.4) is 0 Å². The van der Waals surface area contributed by atoms with E-state index < -0.39 is 0 Å². The van der Waals surface area contributed by atoms with E-state index in [4.69, 9.17) is 14.2 Å². The molecule has 4 heteroatoms. The highest BCUT2D eigenvalue weighted by atomic mass is 16.5. The van der Waals surface area contributed by atoms with Crippen LogP contribution in [0.5, 0.6) is 17.2 Å². The molecule has 0 spiro atoms. The Morgan fingerprint density at radius 3 is 1.85 bits per heavy atom. The van der Waals surface area contributed by atoms with Crippen molar-refractivity contribution >= 4 is 0 Å². The Morgan fingerprint density at radius 2 is 1.42 bits per heavy atom. The lowest BCUT2D eigenvalue weighted by atomic mass is 9.48. The summed E-state index contributed by atoms with van der Waals surface area (Å²) in [6, 6.07) is 4.66. The number of ether oxygens (including phenoxy) is 3. The normalized spacial score (nSPS) is 33.2. The van der Waals surface area contributed by atoms with E-state index in [1.165, 1.54) is 44.1 Å². The number of rotatable bonds is 7. The van der Waals surface area contributed by atoms with Crippen molar-refractivity contribution in [2.24, 2.45) is 23.2 Å². The molecule has 0 aliphatic heterocycles. The molecule has 1 aromatic carbocycles. The van der Waals surface area contributed by atoms with E-state index in [9.17, 15) is 0 Å². The van der Waals surface area contributed by atoms with Crippen LogP contribution in [0, 0.1) is 23.2 Å². The summed E-state index contributed by atoms with van der Waals surface area (Å²) in [5.74, 6) is 5.09. The van der Waals surface area contributed by atoms with Crippen LogP contribution in [0.25, 0.3) is 0 Å². The van der Waals surface area contributed by atoms with E-state index in [0.717, 1.165) is 35.8 Å². The van der Waals surface area contributed by atoms with Crippen LogP contribution < -0.4 is 19.5 Å². The van der Waals surface area contributed by atoms with Crippen LogP contribution in [-0.4, -0.2) is 27.4 Å². The summed E-state index contributed by atoms with van der Waals surface area (Å²) in [5, 5.41) is 3.84. The molecule has 1 aromatic rings. The topological polar surface area (TPSA) is 39.7 Å². The standard InChI is InChI=1S/C22H33NO3/c1-14(22-10-15-5-16(11-22)7-17(6-15)12-22)23-13-18-8-19(24-2)21(26-4)20(9-18)25-3/h8-9,14-17,23H,5-7,10-13H2,1-4H3/t14-,15?,16?,17?,22?/m0/s1. The molecule has 4 saturated carbocycles. The van der Waals surface area contributed by atoms with Crippen LogP contribution in [0.15, 0.2) is 12.1 Å². The van der Waals surface area contributed by atoms with Crippen LogP contribution in [0.2, 0.25) is 0 Å². The van der Waals surface area contributed by atoms with Crippen LogP contribution >= 0.6 is 0 Å². The Bertz CT molecular complexity index is 596. The maximum absolute atomic E-state index is 5.49. The van der Waals surface area contributed by atoms with Crippen LogP contribution in [0.4, 0.5) is 0 Å². The zero-order chi connectivity index (χ0) is 18.3. The van der Waals surface area contributed by atoms with Crippen molar-refractivity contribution in [3.05, 3.63) is 17.7 Å². The van der Waals surface area contributed by atoms with Gasteiger partial charge in [-0.1, -0.05) is 0 Å². The second kappa shape index (κ2) is 6.95. The summed E-state index contributed by atoms with van der Waals surface area (Å²) in [5.41, 5.74) is 1.70. The largest absolute Gasteiger partial charge is 0.493 e. The number of benzene rings is 1. The average molecular weight is 360 g/mol. The number of methoxy groups -OCH3 is 3. The molecule has 0 saturated heterocycles. The third-order valence-electron chi connectivity index (χ3n) is 7.34. The summed E-state index contributed by atoms with van der Waals surface area (Å²) in [4.78, 5) is 0. The van der Waals surface area contributed by atoms with Gasteiger partial charge in [0.05, 0.1) is 21.3 Å². The minimum Gasteiger partial charge on any atom is -0.493 e. The lowest BCUT2D eigenvalue weighted by molar-refractivity contribution is -0.0706. The predicted octanol–water partition coefficient (Wildman–Crippen LogP) is 4.41. The fourth-order valence-electron chi connectivity index (χ4n) is 6.43. The lowest BCUT2D eigenvalue weighted by Crippen LogP contribution is -2.54.